The quantitative estimate of drug-likeness (QED) is 0.569. The van der Waals surface area contributed by atoms with E-state index < -0.39 is 12.3 Å². The molecule has 0 heterocycles. The van der Waals surface area contributed by atoms with E-state index in [0.717, 1.165) is 16.8 Å². The second kappa shape index (κ2) is 8.63. The van der Waals surface area contributed by atoms with E-state index in [1.54, 1.807) is 4.35 Å². The van der Waals surface area contributed by atoms with Crippen LogP contribution in [0.15, 0.2) is 24.3 Å². The van der Waals surface area contributed by atoms with Crippen molar-refractivity contribution >= 4 is 42.4 Å². The zero-order valence-corrected chi connectivity index (χ0v) is 15.9. The molecule has 0 amide bonds. The van der Waals surface area contributed by atoms with Crippen molar-refractivity contribution in [1.82, 2.24) is 4.48 Å². The summed E-state index contributed by atoms with van der Waals surface area (Å²) in [6.07, 6.45) is 1.26. The van der Waals surface area contributed by atoms with Crippen LogP contribution in [0.1, 0.15) is 13.3 Å². The molecule has 5 heteroatoms. The Morgan fingerprint density at radius 1 is 1.05 bits per heavy atom. The van der Waals surface area contributed by atoms with Crippen molar-refractivity contribution in [3.63, 3.8) is 0 Å². The Balaban J connectivity index is 2.78. The first kappa shape index (κ1) is 17.4. The van der Waals surface area contributed by atoms with E-state index in [1.807, 2.05) is 0 Å². The van der Waals surface area contributed by atoms with Crippen molar-refractivity contribution in [2.45, 2.75) is 13.3 Å². The molecular formula is C14H26AsN2S2+. The summed E-state index contributed by atoms with van der Waals surface area (Å²) in [5.74, 6) is 2.36. The van der Waals surface area contributed by atoms with Crippen LogP contribution >= 0.6 is 20.0 Å². The number of hydrogen-bond donors (Lipinski definition) is 1. The first-order chi connectivity index (χ1) is 8.99. The van der Waals surface area contributed by atoms with Crippen molar-refractivity contribution in [2.24, 2.45) is 5.73 Å². The van der Waals surface area contributed by atoms with Gasteiger partial charge in [-0.25, -0.2) is 0 Å². The molecule has 2 N–H and O–H groups in total. The van der Waals surface area contributed by atoms with Gasteiger partial charge in [0.2, 0.25) is 0 Å². The molecule has 0 aliphatic heterocycles. The number of hydrogen-bond acceptors (Lipinski definition) is 3. The standard InChI is InChI=1S/C14H26AsN2S2/c1-5-11-18-15(19-12-10-16)13-6-8-14(9-7-13)17(2,3)4/h6-9H,5,10-12,16H2,1-4H3/q+1. The van der Waals surface area contributed by atoms with E-state index in [4.69, 9.17) is 5.73 Å². The van der Waals surface area contributed by atoms with E-state index in [-0.39, 0.29) is 0 Å². The predicted octanol–water partition coefficient (Wildman–Crippen LogP) is 2.41. The fraction of sp³-hybridized carbons (Fsp3) is 0.571. The van der Waals surface area contributed by atoms with Crippen molar-refractivity contribution < 1.29 is 0 Å². The summed E-state index contributed by atoms with van der Waals surface area (Å²) >= 11 is -1.03. The third-order valence-corrected chi connectivity index (χ3v) is 16.3. The van der Waals surface area contributed by atoms with E-state index in [9.17, 15) is 0 Å². The molecule has 0 fully saturated rings. The summed E-state index contributed by atoms with van der Waals surface area (Å²) in [6.45, 7) is 3.05. The number of nitrogens with two attached hydrogens (primary N) is 1. The normalized spacial score (nSPS) is 13.5. The van der Waals surface area contributed by atoms with Gasteiger partial charge in [0, 0.05) is 0 Å². The van der Waals surface area contributed by atoms with Gasteiger partial charge in [0.15, 0.2) is 0 Å². The van der Waals surface area contributed by atoms with E-state index >= 15 is 0 Å². The Morgan fingerprint density at radius 2 is 1.63 bits per heavy atom. The number of benzene rings is 1. The minimum atomic E-state index is -1.03. The van der Waals surface area contributed by atoms with Gasteiger partial charge in [0.05, 0.1) is 0 Å². The third-order valence-electron chi connectivity index (χ3n) is 2.57. The van der Waals surface area contributed by atoms with E-state index in [2.05, 4.69) is 72.4 Å². The van der Waals surface area contributed by atoms with Crippen molar-refractivity contribution in [3.05, 3.63) is 24.3 Å². The Kier molecular flexibility index (Phi) is 7.93. The van der Waals surface area contributed by atoms with Gasteiger partial charge in [-0.05, 0) is 0 Å². The Morgan fingerprint density at radius 3 is 2.11 bits per heavy atom. The molecular weight excluding hydrogens is 335 g/mol. The average Bonchev–Trinajstić information content (AvgIpc) is 2.38. The van der Waals surface area contributed by atoms with Crippen LogP contribution in [0.3, 0.4) is 0 Å². The molecule has 2 nitrogen and oxygen atoms in total. The van der Waals surface area contributed by atoms with Gasteiger partial charge in [-0.2, -0.15) is 0 Å². The molecule has 0 spiro atoms. The summed E-state index contributed by atoms with van der Waals surface area (Å²) in [5, 5.41) is 0. The van der Waals surface area contributed by atoms with Crippen LogP contribution in [0.2, 0.25) is 0 Å². The summed E-state index contributed by atoms with van der Waals surface area (Å²) in [7, 11) is 10.9. The SMILES string of the molecule is CCCS[As](SCCN)c1ccc([N+](C)(C)C)cc1. The molecule has 0 bridgehead atoms. The van der Waals surface area contributed by atoms with Crippen LogP contribution in [0.4, 0.5) is 5.69 Å². The van der Waals surface area contributed by atoms with Crippen molar-refractivity contribution in [2.75, 3.05) is 39.2 Å². The van der Waals surface area contributed by atoms with E-state index in [0.29, 0.717) is 0 Å². The molecule has 0 aromatic heterocycles. The molecule has 0 aliphatic carbocycles. The van der Waals surface area contributed by atoms with Crippen LogP contribution in [-0.2, 0) is 0 Å². The Hall–Kier alpha value is 0.398. The topological polar surface area (TPSA) is 26.0 Å². The molecule has 1 unspecified atom stereocenters. The van der Waals surface area contributed by atoms with Gasteiger partial charge in [-0.3, -0.25) is 0 Å². The van der Waals surface area contributed by atoms with Gasteiger partial charge in [0.1, 0.15) is 0 Å². The zero-order chi connectivity index (χ0) is 14.3. The molecule has 1 aromatic carbocycles. The van der Waals surface area contributed by atoms with Crippen LogP contribution < -0.4 is 14.6 Å². The van der Waals surface area contributed by atoms with Crippen LogP contribution in [0.5, 0.6) is 0 Å². The summed E-state index contributed by atoms with van der Waals surface area (Å²) in [6, 6.07) is 9.25. The average molecular weight is 361 g/mol. The Bertz CT molecular complexity index is 355. The first-order valence-electron chi connectivity index (χ1n) is 6.67. The molecule has 19 heavy (non-hydrogen) atoms. The maximum atomic E-state index is 5.66. The van der Waals surface area contributed by atoms with E-state index in [1.165, 1.54) is 17.9 Å². The van der Waals surface area contributed by atoms with Gasteiger partial charge in [-0.1, -0.05) is 0 Å². The van der Waals surface area contributed by atoms with Gasteiger partial charge in [-0.15, -0.1) is 0 Å². The monoisotopic (exact) mass is 361 g/mol. The second-order valence-corrected chi connectivity index (χ2v) is 17.0. The molecule has 1 aromatic rings. The van der Waals surface area contributed by atoms with Crippen molar-refractivity contribution in [3.8, 4) is 0 Å². The molecule has 0 saturated heterocycles. The summed E-state index contributed by atoms with van der Waals surface area (Å²) in [4.78, 5) is 0. The summed E-state index contributed by atoms with van der Waals surface area (Å²) < 4.78 is 2.44. The van der Waals surface area contributed by atoms with Crippen LogP contribution in [-0.4, -0.2) is 51.5 Å². The molecule has 108 valence electrons. The van der Waals surface area contributed by atoms with Crippen LogP contribution in [0, 0.1) is 0 Å². The summed E-state index contributed by atoms with van der Waals surface area (Å²) in [5.41, 5.74) is 7.02. The molecule has 0 radical (unpaired) electrons. The molecule has 1 rings (SSSR count). The Labute approximate surface area is 129 Å². The fourth-order valence-electron chi connectivity index (χ4n) is 1.52. The van der Waals surface area contributed by atoms with Gasteiger partial charge < -0.3 is 0 Å². The molecule has 0 aliphatic rings. The minimum absolute atomic E-state index is 0.791. The number of rotatable bonds is 8. The third kappa shape index (κ3) is 6.13. The first-order valence-corrected chi connectivity index (χ1v) is 14.1. The van der Waals surface area contributed by atoms with Gasteiger partial charge in [0.25, 0.3) is 0 Å². The maximum absolute atomic E-state index is 5.66. The zero-order valence-electron chi connectivity index (χ0n) is 12.4. The fourth-order valence-corrected chi connectivity index (χ4v) is 14.3. The number of quaternary nitrogens is 1. The molecule has 0 saturated carbocycles. The predicted molar refractivity (Wildman–Crippen MR) is 95.7 cm³/mol. The molecule has 1 atom stereocenters. The second-order valence-electron chi connectivity index (χ2n) is 5.24. The van der Waals surface area contributed by atoms with Crippen molar-refractivity contribution in [1.29, 1.82) is 0 Å². The van der Waals surface area contributed by atoms with Crippen LogP contribution in [0.25, 0.3) is 0 Å². The number of nitrogens with zero attached hydrogens (tertiary/aromatic N) is 1. The van der Waals surface area contributed by atoms with Gasteiger partial charge >= 0.3 is 129 Å².